The number of allylic oxidation sites excluding steroid dienone is 4. The van der Waals surface area contributed by atoms with E-state index in [2.05, 4.69) is 190 Å². The summed E-state index contributed by atoms with van der Waals surface area (Å²) in [5, 5.41) is 0. The fourth-order valence-corrected chi connectivity index (χ4v) is 8.11. The molecule has 1 heterocycles. The molecule has 51 heavy (non-hydrogen) atoms. The van der Waals surface area contributed by atoms with E-state index in [1.54, 1.807) is 0 Å². The molecular weight excluding hydrogens is 617 g/mol. The lowest BCUT2D eigenvalue weighted by Crippen LogP contribution is -2.30. The highest BCUT2D eigenvalue weighted by Crippen LogP contribution is 2.52. The zero-order valence-electron chi connectivity index (χ0n) is 28.9. The maximum atomic E-state index is 5.47. The largest absolute Gasteiger partial charge is 0.232 e. The van der Waals surface area contributed by atoms with Crippen LogP contribution in [0.4, 0.5) is 0 Å². The number of benzene rings is 6. The average molecular weight is 655 g/mol. The summed E-state index contributed by atoms with van der Waals surface area (Å²) in [4.78, 5) is 10.7. The summed E-state index contributed by atoms with van der Waals surface area (Å²) >= 11 is 0. The van der Waals surface area contributed by atoms with Gasteiger partial charge in [0.25, 0.3) is 0 Å². The minimum atomic E-state index is -0.537. The second-order valence-corrected chi connectivity index (χ2v) is 14.3. The smallest absolute Gasteiger partial charge is 0.160 e. The molecule has 0 fully saturated rings. The van der Waals surface area contributed by atoms with Gasteiger partial charge in [0.1, 0.15) is 0 Å². The third-order valence-corrected chi connectivity index (χ3v) is 10.9. The van der Waals surface area contributed by atoms with E-state index >= 15 is 0 Å². The number of rotatable bonds is 6. The Morgan fingerprint density at radius 1 is 0.490 bits per heavy atom. The molecule has 0 spiro atoms. The first-order chi connectivity index (χ1) is 25.0. The lowest BCUT2D eigenvalue weighted by Gasteiger charge is -2.36. The Balaban J connectivity index is 1.25. The summed E-state index contributed by atoms with van der Waals surface area (Å²) in [6.07, 6.45) is 7.65. The summed E-state index contributed by atoms with van der Waals surface area (Å²) in [7, 11) is 0. The predicted octanol–water partition coefficient (Wildman–Crippen LogP) is 12.1. The number of hydrogen-bond acceptors (Lipinski definition) is 2. The lowest BCUT2D eigenvalue weighted by molar-refractivity contribution is 0.621. The van der Waals surface area contributed by atoms with E-state index in [9.17, 15) is 0 Å². The van der Waals surface area contributed by atoms with Crippen LogP contribution in [0.25, 0.3) is 50.5 Å². The summed E-state index contributed by atoms with van der Waals surface area (Å²) in [5.41, 5.74) is 14.8. The van der Waals surface area contributed by atoms with Crippen molar-refractivity contribution in [3.8, 4) is 44.9 Å². The van der Waals surface area contributed by atoms with E-state index in [1.807, 2.05) is 6.07 Å². The van der Waals surface area contributed by atoms with E-state index in [0.29, 0.717) is 0 Å². The molecule has 2 nitrogen and oxygen atoms in total. The second kappa shape index (κ2) is 12.3. The van der Waals surface area contributed by atoms with Gasteiger partial charge in [-0.2, -0.15) is 0 Å². The summed E-state index contributed by atoms with van der Waals surface area (Å²) in [5.74, 6) is 0.729. The van der Waals surface area contributed by atoms with Crippen LogP contribution in [0.15, 0.2) is 182 Å². The van der Waals surface area contributed by atoms with Crippen LogP contribution in [-0.4, -0.2) is 9.97 Å². The molecule has 7 aromatic rings. The van der Waals surface area contributed by atoms with Gasteiger partial charge >= 0.3 is 0 Å². The van der Waals surface area contributed by atoms with Crippen LogP contribution in [0.5, 0.6) is 0 Å². The summed E-state index contributed by atoms with van der Waals surface area (Å²) < 4.78 is 0. The number of fused-ring (bicyclic) bond motifs is 3. The van der Waals surface area contributed by atoms with E-state index in [1.165, 1.54) is 50.1 Å². The van der Waals surface area contributed by atoms with Gasteiger partial charge in [-0.05, 0) is 62.6 Å². The highest BCUT2D eigenvalue weighted by Gasteiger charge is 2.41. The van der Waals surface area contributed by atoms with Crippen LogP contribution in [0.1, 0.15) is 48.2 Å². The van der Waals surface area contributed by atoms with Crippen LogP contribution in [0.3, 0.4) is 0 Å². The zero-order chi connectivity index (χ0) is 34.4. The molecule has 0 saturated carbocycles. The molecule has 9 rings (SSSR count). The molecule has 2 aliphatic rings. The topological polar surface area (TPSA) is 25.8 Å². The summed E-state index contributed by atoms with van der Waals surface area (Å²) in [6, 6.07) is 58.7. The zero-order valence-corrected chi connectivity index (χ0v) is 28.9. The van der Waals surface area contributed by atoms with Crippen molar-refractivity contribution in [3.05, 3.63) is 210 Å². The molecule has 1 aromatic heterocycles. The minimum absolute atomic E-state index is 0.119. The standard InChI is InChI=1S/C49H38N2/c1-48(2)43-23-13-12-22-41(43)42-29-28-40(31-44(42)48)49(30-14-21-39(33-49)35-17-8-4-9-18-35)46-32-45(50-47(51-46)38-19-10-5-11-20-38)37-26-24-36(25-27-37)34-15-6-3-7-16-34/h3-32H,33H2,1-2H3. The van der Waals surface area contributed by atoms with Crippen LogP contribution >= 0.6 is 0 Å². The predicted molar refractivity (Wildman–Crippen MR) is 211 cm³/mol. The van der Waals surface area contributed by atoms with Gasteiger partial charge < -0.3 is 0 Å². The molecule has 0 radical (unpaired) electrons. The fraction of sp³-hybridized carbons (Fsp3) is 0.102. The molecule has 1 unspecified atom stereocenters. The molecule has 244 valence electrons. The Kier molecular flexibility index (Phi) is 7.47. The quantitative estimate of drug-likeness (QED) is 0.178. The Labute approximate surface area is 300 Å². The third-order valence-electron chi connectivity index (χ3n) is 10.9. The van der Waals surface area contributed by atoms with E-state index in [-0.39, 0.29) is 5.41 Å². The molecule has 0 N–H and O–H groups in total. The lowest BCUT2D eigenvalue weighted by atomic mass is 9.68. The molecule has 0 aliphatic heterocycles. The molecule has 2 heteroatoms. The van der Waals surface area contributed by atoms with Gasteiger partial charge in [0, 0.05) is 16.5 Å². The van der Waals surface area contributed by atoms with Gasteiger partial charge in [0.15, 0.2) is 5.82 Å². The Morgan fingerprint density at radius 3 is 1.80 bits per heavy atom. The second-order valence-electron chi connectivity index (χ2n) is 14.3. The maximum absolute atomic E-state index is 5.47. The van der Waals surface area contributed by atoms with Crippen molar-refractivity contribution >= 4 is 5.57 Å². The first-order valence-electron chi connectivity index (χ1n) is 17.8. The van der Waals surface area contributed by atoms with Crippen molar-refractivity contribution in [1.29, 1.82) is 0 Å². The SMILES string of the molecule is CC1(C)c2ccccc2-c2ccc(C3(c4cc(-c5ccc(-c6ccccc6)cc5)nc(-c5ccccc5)n4)C=CC=C(c4ccccc4)C3)cc21. The van der Waals surface area contributed by atoms with Gasteiger partial charge in [-0.25, -0.2) is 9.97 Å². The van der Waals surface area contributed by atoms with Crippen LogP contribution in [-0.2, 0) is 10.8 Å². The Hall–Kier alpha value is -6.12. The fourth-order valence-electron chi connectivity index (χ4n) is 8.11. The van der Waals surface area contributed by atoms with Gasteiger partial charge in [-0.15, -0.1) is 0 Å². The molecular formula is C49H38N2. The van der Waals surface area contributed by atoms with Gasteiger partial charge in [-0.1, -0.05) is 190 Å². The van der Waals surface area contributed by atoms with Crippen molar-refractivity contribution in [2.75, 3.05) is 0 Å². The third kappa shape index (κ3) is 5.36. The first kappa shape index (κ1) is 30.9. The number of nitrogens with zero attached hydrogens (tertiary/aromatic N) is 2. The normalized spacial score (nSPS) is 17.0. The van der Waals surface area contributed by atoms with Gasteiger partial charge in [0.05, 0.1) is 16.8 Å². The first-order valence-corrected chi connectivity index (χ1v) is 17.8. The van der Waals surface area contributed by atoms with Crippen LogP contribution in [0, 0.1) is 0 Å². The molecule has 2 aliphatic carbocycles. The van der Waals surface area contributed by atoms with E-state index in [0.717, 1.165) is 34.8 Å². The van der Waals surface area contributed by atoms with Gasteiger partial charge in [-0.3, -0.25) is 0 Å². The van der Waals surface area contributed by atoms with Crippen LogP contribution < -0.4 is 0 Å². The molecule has 0 bridgehead atoms. The highest BCUT2D eigenvalue weighted by molar-refractivity contribution is 5.82. The van der Waals surface area contributed by atoms with Crippen molar-refractivity contribution in [2.24, 2.45) is 0 Å². The van der Waals surface area contributed by atoms with Gasteiger partial charge in [0.2, 0.25) is 0 Å². The van der Waals surface area contributed by atoms with Crippen molar-refractivity contribution in [1.82, 2.24) is 9.97 Å². The summed E-state index contributed by atoms with van der Waals surface area (Å²) in [6.45, 7) is 4.71. The van der Waals surface area contributed by atoms with E-state index < -0.39 is 5.41 Å². The van der Waals surface area contributed by atoms with Crippen molar-refractivity contribution in [3.63, 3.8) is 0 Å². The maximum Gasteiger partial charge on any atom is 0.160 e. The number of aromatic nitrogens is 2. The van der Waals surface area contributed by atoms with E-state index in [4.69, 9.17) is 9.97 Å². The molecule has 0 saturated heterocycles. The Morgan fingerprint density at radius 2 is 1.08 bits per heavy atom. The molecule has 0 amide bonds. The van der Waals surface area contributed by atoms with Crippen LogP contribution in [0.2, 0.25) is 0 Å². The monoisotopic (exact) mass is 654 g/mol. The Bertz CT molecular complexity index is 2440. The number of hydrogen-bond donors (Lipinski definition) is 0. The average Bonchev–Trinajstić information content (AvgIpc) is 3.44. The molecule has 1 atom stereocenters. The molecule has 6 aromatic carbocycles. The van der Waals surface area contributed by atoms with Crippen molar-refractivity contribution in [2.45, 2.75) is 31.1 Å². The van der Waals surface area contributed by atoms with Crippen molar-refractivity contribution < 1.29 is 0 Å². The minimum Gasteiger partial charge on any atom is -0.232 e. The highest BCUT2D eigenvalue weighted by atomic mass is 14.9.